The van der Waals surface area contributed by atoms with Gasteiger partial charge in [0.25, 0.3) is 5.91 Å². The van der Waals surface area contributed by atoms with Crippen molar-refractivity contribution in [2.24, 2.45) is 11.8 Å². The molecule has 172 valence electrons. The molecule has 1 saturated heterocycles. The van der Waals surface area contributed by atoms with Crippen LogP contribution in [0, 0.1) is 18.8 Å². The molecule has 3 amide bonds. The molecule has 1 aliphatic heterocycles. The molecule has 9 heteroatoms. The Kier molecular flexibility index (Phi) is 6.72. The van der Waals surface area contributed by atoms with Crippen LogP contribution in [0.1, 0.15) is 28.8 Å². The maximum Gasteiger partial charge on any atom is 0.338 e. The molecule has 1 N–H and O–H groups in total. The summed E-state index contributed by atoms with van der Waals surface area (Å²) in [4.78, 5) is 51.6. The van der Waals surface area contributed by atoms with E-state index in [1.165, 1.54) is 12.1 Å². The number of alkyl halides is 2. The number of para-hydroxylation sites is 1. The second kappa shape index (κ2) is 9.53. The summed E-state index contributed by atoms with van der Waals surface area (Å²) < 4.78 is 5.12. The predicted octanol–water partition coefficient (Wildman–Crippen LogP) is 3.90. The standard InChI is InChI=1S/C24H22Cl2N2O5/c1-13-5-2-3-8-20(13)27-21(29)12-33-24(32)14-6-4-7-15(9-14)28-22(30)16-10-18(25)19(26)11-17(16)23(28)31/h2-9,16-19H,10-12H2,1H3,(H,27,29)/t16-,17+,18-,19-/m0/s1. The van der Waals surface area contributed by atoms with E-state index in [0.29, 0.717) is 18.5 Å². The lowest BCUT2D eigenvalue weighted by atomic mass is 9.80. The number of carbonyl (C=O) groups excluding carboxylic acids is 4. The Hall–Kier alpha value is -2.90. The minimum Gasteiger partial charge on any atom is -0.452 e. The number of aryl methyl sites for hydroxylation is 1. The van der Waals surface area contributed by atoms with Crippen LogP contribution in [0.25, 0.3) is 0 Å². The maximum absolute atomic E-state index is 12.9. The lowest BCUT2D eigenvalue weighted by molar-refractivity contribution is -0.122. The van der Waals surface area contributed by atoms with Crippen LogP contribution in [0.15, 0.2) is 48.5 Å². The van der Waals surface area contributed by atoms with E-state index >= 15 is 0 Å². The van der Waals surface area contributed by atoms with Gasteiger partial charge in [-0.25, -0.2) is 4.79 Å². The summed E-state index contributed by atoms with van der Waals surface area (Å²) in [6.45, 7) is 1.38. The van der Waals surface area contributed by atoms with Gasteiger partial charge in [0.05, 0.1) is 33.8 Å². The zero-order valence-electron chi connectivity index (χ0n) is 17.8. The average molecular weight is 489 g/mol. The molecule has 1 heterocycles. The number of rotatable bonds is 5. The number of fused-ring (bicyclic) bond motifs is 1. The van der Waals surface area contributed by atoms with E-state index in [1.54, 1.807) is 24.3 Å². The van der Waals surface area contributed by atoms with Crippen molar-refractivity contribution in [3.8, 4) is 0 Å². The van der Waals surface area contributed by atoms with Crippen LogP contribution in [-0.4, -0.2) is 41.1 Å². The van der Waals surface area contributed by atoms with E-state index < -0.39 is 30.3 Å². The Bertz CT molecular complexity index is 1090. The van der Waals surface area contributed by atoms with Crippen molar-refractivity contribution in [3.63, 3.8) is 0 Å². The Morgan fingerprint density at radius 1 is 1.00 bits per heavy atom. The first-order chi connectivity index (χ1) is 15.8. The van der Waals surface area contributed by atoms with E-state index in [1.807, 2.05) is 19.1 Å². The molecule has 2 fully saturated rings. The fourth-order valence-electron chi connectivity index (χ4n) is 4.24. The summed E-state index contributed by atoms with van der Waals surface area (Å²) in [5, 5.41) is 1.93. The van der Waals surface area contributed by atoms with Gasteiger partial charge < -0.3 is 10.1 Å². The highest BCUT2D eigenvalue weighted by atomic mass is 35.5. The van der Waals surface area contributed by atoms with Crippen molar-refractivity contribution in [1.82, 2.24) is 0 Å². The fraction of sp³-hybridized carbons (Fsp3) is 0.333. The number of halogens is 2. The van der Waals surface area contributed by atoms with Crippen LogP contribution in [0.2, 0.25) is 0 Å². The molecule has 4 rings (SSSR count). The fourth-order valence-corrected chi connectivity index (χ4v) is 4.83. The van der Waals surface area contributed by atoms with Crippen molar-refractivity contribution >= 4 is 58.3 Å². The molecule has 0 radical (unpaired) electrons. The van der Waals surface area contributed by atoms with Crippen molar-refractivity contribution in [1.29, 1.82) is 0 Å². The molecule has 0 aromatic heterocycles. The van der Waals surface area contributed by atoms with Gasteiger partial charge in [-0.2, -0.15) is 0 Å². The van der Waals surface area contributed by atoms with E-state index in [2.05, 4.69) is 5.32 Å². The second-order valence-electron chi connectivity index (χ2n) is 8.22. The van der Waals surface area contributed by atoms with E-state index in [0.717, 1.165) is 10.5 Å². The van der Waals surface area contributed by atoms with Crippen LogP contribution in [-0.2, 0) is 19.1 Å². The molecule has 7 nitrogen and oxygen atoms in total. The SMILES string of the molecule is Cc1ccccc1NC(=O)COC(=O)c1cccc(N2C(=O)[C@H]3C[C@H](Cl)[C@@H](Cl)C[C@H]3C2=O)c1. The zero-order valence-corrected chi connectivity index (χ0v) is 19.3. The highest BCUT2D eigenvalue weighted by Crippen LogP contribution is 2.43. The molecule has 0 unspecified atom stereocenters. The van der Waals surface area contributed by atoms with Crippen LogP contribution in [0.4, 0.5) is 11.4 Å². The van der Waals surface area contributed by atoms with Crippen LogP contribution < -0.4 is 10.2 Å². The van der Waals surface area contributed by atoms with Gasteiger partial charge in [0.1, 0.15) is 0 Å². The number of hydrogen-bond acceptors (Lipinski definition) is 5. The van der Waals surface area contributed by atoms with Crippen molar-refractivity contribution < 1.29 is 23.9 Å². The van der Waals surface area contributed by atoms with Crippen LogP contribution >= 0.6 is 23.2 Å². The number of amides is 3. The lowest BCUT2D eigenvalue weighted by Crippen LogP contribution is -2.34. The maximum atomic E-state index is 12.9. The number of nitrogens with zero attached hydrogens (tertiary/aromatic N) is 1. The van der Waals surface area contributed by atoms with Crippen molar-refractivity contribution in [2.75, 3.05) is 16.8 Å². The molecular formula is C24H22Cl2N2O5. The number of anilines is 2. The monoisotopic (exact) mass is 488 g/mol. The predicted molar refractivity (Wildman–Crippen MR) is 125 cm³/mol. The molecule has 2 aromatic carbocycles. The number of carbonyl (C=O) groups is 4. The molecule has 0 spiro atoms. The van der Waals surface area contributed by atoms with E-state index in [4.69, 9.17) is 27.9 Å². The largest absolute Gasteiger partial charge is 0.452 e. The normalized spacial score (nSPS) is 24.4. The van der Waals surface area contributed by atoms with Gasteiger partial charge in [0.2, 0.25) is 11.8 Å². The first-order valence-corrected chi connectivity index (χ1v) is 11.4. The van der Waals surface area contributed by atoms with Gasteiger partial charge in [-0.15, -0.1) is 23.2 Å². The van der Waals surface area contributed by atoms with E-state index in [-0.39, 0.29) is 33.8 Å². The van der Waals surface area contributed by atoms with Crippen LogP contribution in [0.3, 0.4) is 0 Å². The third-order valence-corrected chi connectivity index (χ3v) is 7.10. The minimum atomic E-state index is -0.741. The molecule has 2 aromatic rings. The first-order valence-electron chi connectivity index (χ1n) is 10.5. The lowest BCUT2D eigenvalue weighted by Gasteiger charge is -2.28. The third-order valence-electron chi connectivity index (χ3n) is 6.01. The Labute approximate surface area is 201 Å². The highest BCUT2D eigenvalue weighted by Gasteiger charge is 2.52. The molecule has 2 aliphatic rings. The molecule has 1 saturated carbocycles. The van der Waals surface area contributed by atoms with Gasteiger partial charge in [0.15, 0.2) is 6.61 Å². The molecule has 1 aliphatic carbocycles. The minimum absolute atomic E-state index is 0.122. The summed E-state index contributed by atoms with van der Waals surface area (Å²) in [7, 11) is 0. The third kappa shape index (κ3) is 4.75. The number of hydrogen-bond donors (Lipinski definition) is 1. The smallest absolute Gasteiger partial charge is 0.338 e. The zero-order chi connectivity index (χ0) is 23.7. The second-order valence-corrected chi connectivity index (χ2v) is 9.34. The summed E-state index contributed by atoms with van der Waals surface area (Å²) in [5.41, 5.74) is 1.91. The topological polar surface area (TPSA) is 92.8 Å². The quantitative estimate of drug-likeness (QED) is 0.391. The number of nitrogens with one attached hydrogen (secondary N) is 1. The summed E-state index contributed by atoms with van der Waals surface area (Å²) in [6.07, 6.45) is 0.665. The molecule has 33 heavy (non-hydrogen) atoms. The first kappa shape index (κ1) is 23.3. The Balaban J connectivity index is 1.43. The van der Waals surface area contributed by atoms with Crippen LogP contribution in [0.5, 0.6) is 0 Å². The Morgan fingerprint density at radius 3 is 2.27 bits per heavy atom. The van der Waals surface area contributed by atoms with Gasteiger partial charge in [-0.1, -0.05) is 24.3 Å². The van der Waals surface area contributed by atoms with Crippen molar-refractivity contribution in [3.05, 3.63) is 59.7 Å². The van der Waals surface area contributed by atoms with Gasteiger partial charge in [-0.3, -0.25) is 19.3 Å². The Morgan fingerprint density at radius 2 is 1.64 bits per heavy atom. The molecule has 4 atom stereocenters. The van der Waals surface area contributed by atoms with Gasteiger partial charge in [-0.05, 0) is 49.6 Å². The molecular weight excluding hydrogens is 467 g/mol. The van der Waals surface area contributed by atoms with Crippen molar-refractivity contribution in [2.45, 2.75) is 30.5 Å². The van der Waals surface area contributed by atoms with Gasteiger partial charge in [0, 0.05) is 5.69 Å². The summed E-state index contributed by atoms with van der Waals surface area (Å²) in [5.74, 6) is -2.94. The highest BCUT2D eigenvalue weighted by molar-refractivity contribution is 6.31. The molecule has 0 bridgehead atoms. The average Bonchev–Trinajstić information content (AvgIpc) is 3.03. The van der Waals surface area contributed by atoms with E-state index in [9.17, 15) is 19.2 Å². The summed E-state index contributed by atoms with van der Waals surface area (Å²) >= 11 is 12.4. The number of benzene rings is 2. The van der Waals surface area contributed by atoms with Gasteiger partial charge >= 0.3 is 5.97 Å². The number of ether oxygens (including phenoxy) is 1. The summed E-state index contributed by atoms with van der Waals surface area (Å²) in [6, 6.07) is 13.3. The number of imide groups is 1. The number of esters is 1.